The van der Waals surface area contributed by atoms with E-state index in [9.17, 15) is 24.9 Å². The summed E-state index contributed by atoms with van der Waals surface area (Å²) in [5, 5.41) is 30.5. The number of nitrogens with one attached hydrogen (secondary N) is 1. The molecule has 8 nitrogen and oxygen atoms in total. The Bertz CT molecular complexity index is 1080. The van der Waals surface area contributed by atoms with Crippen LogP contribution in [0.1, 0.15) is 54.6 Å². The van der Waals surface area contributed by atoms with Crippen molar-refractivity contribution in [2.75, 3.05) is 0 Å². The average Bonchev–Trinajstić information content (AvgIpc) is 3.28. The number of hydrogen-bond acceptors (Lipinski definition) is 5. The van der Waals surface area contributed by atoms with Gasteiger partial charge in [0.25, 0.3) is 0 Å². The molecule has 1 aromatic carbocycles. The van der Waals surface area contributed by atoms with Crippen LogP contribution in [0.15, 0.2) is 24.5 Å². The Morgan fingerprint density at radius 3 is 2.66 bits per heavy atom. The van der Waals surface area contributed by atoms with Crippen LogP contribution in [-0.2, 0) is 11.2 Å². The van der Waals surface area contributed by atoms with E-state index in [1.165, 1.54) is 4.57 Å². The lowest BCUT2D eigenvalue weighted by atomic mass is 9.83. The van der Waals surface area contributed by atoms with Crippen LogP contribution < -0.4 is 0 Å². The molecular weight excluding hydrogens is 374 g/mol. The summed E-state index contributed by atoms with van der Waals surface area (Å²) in [6.45, 7) is 0. The third-order valence-electron chi connectivity index (χ3n) is 5.68. The number of fused-ring (bicyclic) bond motifs is 1. The van der Waals surface area contributed by atoms with Gasteiger partial charge in [-0.25, -0.2) is 4.98 Å². The molecule has 1 aliphatic carbocycles. The fraction of sp³-hybridized carbons (Fsp3) is 0.381. The van der Waals surface area contributed by atoms with Gasteiger partial charge in [0.05, 0.1) is 35.0 Å². The molecule has 0 bridgehead atoms. The molecule has 29 heavy (non-hydrogen) atoms. The van der Waals surface area contributed by atoms with Crippen molar-refractivity contribution in [3.05, 3.63) is 35.8 Å². The number of carboxylic acid groups (broad SMARTS) is 1. The Kier molecular flexibility index (Phi) is 5.00. The summed E-state index contributed by atoms with van der Waals surface area (Å²) in [4.78, 5) is 31.6. The fourth-order valence-corrected chi connectivity index (χ4v) is 4.22. The zero-order valence-corrected chi connectivity index (χ0v) is 15.9. The van der Waals surface area contributed by atoms with E-state index in [4.69, 9.17) is 0 Å². The lowest BCUT2D eigenvalue weighted by Gasteiger charge is -2.20. The molecule has 152 valence electrons. The molecule has 4 rings (SSSR count). The second-order valence-corrected chi connectivity index (χ2v) is 7.53. The number of aromatic nitrogens is 3. The highest BCUT2D eigenvalue weighted by Crippen LogP contribution is 2.41. The number of carbonyl (C=O) groups is 2. The van der Waals surface area contributed by atoms with Gasteiger partial charge < -0.3 is 20.3 Å². The van der Waals surface area contributed by atoms with Gasteiger partial charge in [-0.05, 0) is 37.5 Å². The van der Waals surface area contributed by atoms with Crippen LogP contribution in [0, 0.1) is 5.92 Å². The van der Waals surface area contributed by atoms with Crippen molar-refractivity contribution in [2.24, 2.45) is 5.92 Å². The molecule has 8 heteroatoms. The van der Waals surface area contributed by atoms with Crippen LogP contribution in [0.25, 0.3) is 16.7 Å². The van der Waals surface area contributed by atoms with E-state index in [1.54, 1.807) is 24.5 Å². The van der Waals surface area contributed by atoms with Gasteiger partial charge in [0.2, 0.25) is 5.88 Å². The molecule has 0 radical (unpaired) electrons. The van der Waals surface area contributed by atoms with Gasteiger partial charge in [-0.15, -0.1) is 0 Å². The molecule has 0 atom stereocenters. The number of ketones is 1. The first-order chi connectivity index (χ1) is 14.0. The third kappa shape index (κ3) is 3.46. The molecule has 0 unspecified atom stereocenters. The summed E-state index contributed by atoms with van der Waals surface area (Å²) < 4.78 is 1.37. The third-order valence-corrected chi connectivity index (χ3v) is 5.68. The lowest BCUT2D eigenvalue weighted by molar-refractivity contribution is -0.137. The van der Waals surface area contributed by atoms with Gasteiger partial charge >= 0.3 is 5.97 Å². The summed E-state index contributed by atoms with van der Waals surface area (Å²) in [7, 11) is 0. The zero-order chi connectivity index (χ0) is 20.5. The minimum absolute atomic E-state index is 0.0122. The van der Waals surface area contributed by atoms with Gasteiger partial charge in [0, 0.05) is 11.6 Å². The highest BCUT2D eigenvalue weighted by atomic mass is 16.4. The van der Waals surface area contributed by atoms with Crippen molar-refractivity contribution in [2.45, 2.75) is 44.9 Å². The van der Waals surface area contributed by atoms with E-state index in [0.29, 0.717) is 11.4 Å². The highest BCUT2D eigenvalue weighted by molar-refractivity contribution is 6.02. The number of aromatic hydroxyl groups is 2. The summed E-state index contributed by atoms with van der Waals surface area (Å²) >= 11 is 0. The maximum atomic E-state index is 13.2. The summed E-state index contributed by atoms with van der Waals surface area (Å²) in [6.07, 6.45) is 5.79. The van der Waals surface area contributed by atoms with Crippen molar-refractivity contribution in [1.29, 1.82) is 0 Å². The second kappa shape index (κ2) is 7.62. The quantitative estimate of drug-likeness (QED) is 0.471. The molecule has 1 aliphatic rings. The van der Waals surface area contributed by atoms with Crippen molar-refractivity contribution in [1.82, 2.24) is 14.5 Å². The number of aliphatic carboxylic acids is 1. The van der Waals surface area contributed by atoms with Crippen LogP contribution in [-0.4, -0.2) is 41.6 Å². The number of carbonyl (C=O) groups excluding carboxylic acids is 1. The Balaban J connectivity index is 1.85. The Hall–Kier alpha value is -3.29. The summed E-state index contributed by atoms with van der Waals surface area (Å²) in [6, 6.07) is 5.20. The number of imidazole rings is 1. The number of aromatic amines is 1. The molecule has 4 N–H and O–H groups in total. The number of carboxylic acids is 1. The molecule has 2 aromatic heterocycles. The highest BCUT2D eigenvalue weighted by Gasteiger charge is 2.32. The van der Waals surface area contributed by atoms with Gasteiger partial charge in [0.1, 0.15) is 0 Å². The monoisotopic (exact) mass is 397 g/mol. The lowest BCUT2D eigenvalue weighted by Crippen LogP contribution is -2.19. The Labute approximate surface area is 166 Å². The molecule has 1 saturated carbocycles. The van der Waals surface area contributed by atoms with Gasteiger partial charge in [-0.3, -0.25) is 14.2 Å². The maximum Gasteiger partial charge on any atom is 0.303 e. The first kappa shape index (κ1) is 19.0. The molecular formula is C21H23N3O5. The van der Waals surface area contributed by atoms with Crippen LogP contribution in [0.4, 0.5) is 0 Å². The van der Waals surface area contributed by atoms with Crippen LogP contribution in [0.2, 0.25) is 0 Å². The van der Waals surface area contributed by atoms with Crippen molar-refractivity contribution in [3.8, 4) is 17.3 Å². The standard InChI is InChI=1S/C21H23N3O5/c25-17(26)9-8-16-18(19(27)12-4-2-1-3-5-12)20(28)21(29)24(16)13-6-7-14-15(10-13)23-11-22-14/h6-7,10-12,28-29H,1-5,8-9H2,(H,22,23)(H,25,26). The summed E-state index contributed by atoms with van der Waals surface area (Å²) in [5.41, 5.74) is 2.32. The Morgan fingerprint density at radius 2 is 1.93 bits per heavy atom. The predicted molar refractivity (Wildman–Crippen MR) is 106 cm³/mol. The molecule has 1 fully saturated rings. The van der Waals surface area contributed by atoms with E-state index in [0.717, 1.165) is 43.1 Å². The number of Topliss-reactive ketones (excluding diaryl/α,β-unsaturated/α-hetero) is 1. The zero-order valence-electron chi connectivity index (χ0n) is 15.9. The van der Waals surface area contributed by atoms with E-state index in [2.05, 4.69) is 9.97 Å². The normalized spacial score (nSPS) is 15.0. The van der Waals surface area contributed by atoms with Crippen molar-refractivity contribution < 1.29 is 24.9 Å². The van der Waals surface area contributed by atoms with Crippen molar-refractivity contribution >= 4 is 22.8 Å². The molecule has 0 saturated heterocycles. The summed E-state index contributed by atoms with van der Waals surface area (Å²) in [5.74, 6) is -2.39. The molecule has 0 aliphatic heterocycles. The van der Waals surface area contributed by atoms with Crippen molar-refractivity contribution in [3.63, 3.8) is 0 Å². The Morgan fingerprint density at radius 1 is 1.17 bits per heavy atom. The van der Waals surface area contributed by atoms with Gasteiger partial charge in [-0.2, -0.15) is 0 Å². The average molecular weight is 397 g/mol. The SMILES string of the molecule is O=C(O)CCc1c(C(=O)C2CCCCC2)c(O)c(O)n1-c1ccc2nc[nH]c2c1. The number of hydrogen-bond donors (Lipinski definition) is 4. The van der Waals surface area contributed by atoms with Crippen LogP contribution in [0.3, 0.4) is 0 Å². The minimum atomic E-state index is -1.02. The number of benzene rings is 1. The van der Waals surface area contributed by atoms with E-state index < -0.39 is 17.6 Å². The maximum absolute atomic E-state index is 13.2. The predicted octanol–water partition coefficient (Wildman–Crippen LogP) is 3.55. The number of H-pyrrole nitrogens is 1. The topological polar surface area (TPSA) is 128 Å². The first-order valence-electron chi connectivity index (χ1n) is 9.82. The molecule has 0 spiro atoms. The van der Waals surface area contributed by atoms with Crippen LogP contribution >= 0.6 is 0 Å². The number of rotatable bonds is 6. The first-order valence-corrected chi connectivity index (χ1v) is 9.82. The molecule has 3 aromatic rings. The fourth-order valence-electron chi connectivity index (χ4n) is 4.22. The van der Waals surface area contributed by atoms with E-state index >= 15 is 0 Å². The molecule has 0 amide bonds. The van der Waals surface area contributed by atoms with Gasteiger partial charge in [0.15, 0.2) is 11.5 Å². The smallest absolute Gasteiger partial charge is 0.303 e. The van der Waals surface area contributed by atoms with E-state index in [-0.39, 0.29) is 30.1 Å². The minimum Gasteiger partial charge on any atom is -0.503 e. The largest absolute Gasteiger partial charge is 0.503 e. The van der Waals surface area contributed by atoms with E-state index in [1.807, 2.05) is 0 Å². The second-order valence-electron chi connectivity index (χ2n) is 7.53. The molecule has 2 heterocycles. The van der Waals surface area contributed by atoms with Crippen LogP contribution in [0.5, 0.6) is 11.6 Å². The van der Waals surface area contributed by atoms with Gasteiger partial charge in [-0.1, -0.05) is 19.3 Å². The number of nitrogens with zero attached hydrogens (tertiary/aromatic N) is 2.